The molecule has 1 fully saturated rings. The average molecular weight is 256 g/mol. The maximum absolute atomic E-state index is 11.7. The number of hydrogen-bond donors (Lipinski definition) is 2. The molecule has 0 aliphatic carbocycles. The summed E-state index contributed by atoms with van der Waals surface area (Å²) < 4.78 is 0. The summed E-state index contributed by atoms with van der Waals surface area (Å²) in [6.45, 7) is 9.58. The molecule has 0 aromatic carbocycles. The molecule has 0 aromatic heterocycles. The SMILES string of the molecule is CCC1CN(C)CCCN1C(C)C(C)C(=O)NN. The number of rotatable bonds is 4. The van der Waals surface area contributed by atoms with Crippen molar-refractivity contribution in [1.82, 2.24) is 15.2 Å². The standard InChI is InChI=1S/C13H28N4O/c1-5-12-9-16(4)7-6-8-17(12)11(3)10(2)13(18)15-14/h10-12H,5-9,14H2,1-4H3,(H,15,18). The average Bonchev–Trinajstić information content (AvgIpc) is 2.57. The summed E-state index contributed by atoms with van der Waals surface area (Å²) >= 11 is 0. The molecule has 0 saturated carbocycles. The summed E-state index contributed by atoms with van der Waals surface area (Å²) in [5.41, 5.74) is 2.27. The molecule has 1 aliphatic heterocycles. The molecule has 3 atom stereocenters. The molecule has 1 heterocycles. The molecule has 1 rings (SSSR count). The van der Waals surface area contributed by atoms with Crippen molar-refractivity contribution in [2.24, 2.45) is 11.8 Å². The monoisotopic (exact) mass is 256 g/mol. The van der Waals surface area contributed by atoms with Crippen LogP contribution in [-0.2, 0) is 4.79 Å². The van der Waals surface area contributed by atoms with Crippen molar-refractivity contribution in [3.63, 3.8) is 0 Å². The number of hydrogen-bond acceptors (Lipinski definition) is 4. The highest BCUT2D eigenvalue weighted by atomic mass is 16.2. The fourth-order valence-corrected chi connectivity index (χ4v) is 2.80. The second kappa shape index (κ2) is 7.07. The van der Waals surface area contributed by atoms with Crippen LogP contribution < -0.4 is 11.3 Å². The minimum Gasteiger partial charge on any atom is -0.305 e. The van der Waals surface area contributed by atoms with Crippen LogP contribution >= 0.6 is 0 Å². The Morgan fingerprint density at radius 3 is 2.67 bits per heavy atom. The van der Waals surface area contributed by atoms with E-state index in [1.807, 2.05) is 6.92 Å². The van der Waals surface area contributed by atoms with E-state index >= 15 is 0 Å². The van der Waals surface area contributed by atoms with E-state index < -0.39 is 0 Å². The van der Waals surface area contributed by atoms with Crippen molar-refractivity contribution in [3.8, 4) is 0 Å². The minimum absolute atomic E-state index is 0.0741. The van der Waals surface area contributed by atoms with E-state index in [9.17, 15) is 4.79 Å². The molecule has 0 radical (unpaired) electrons. The van der Waals surface area contributed by atoms with E-state index in [2.05, 4.69) is 36.1 Å². The van der Waals surface area contributed by atoms with E-state index in [4.69, 9.17) is 5.84 Å². The molecule has 3 unspecified atom stereocenters. The van der Waals surface area contributed by atoms with Crippen LogP contribution in [0.1, 0.15) is 33.6 Å². The molecular formula is C13H28N4O. The smallest absolute Gasteiger partial charge is 0.238 e. The van der Waals surface area contributed by atoms with Gasteiger partial charge in [-0.2, -0.15) is 0 Å². The normalized spacial score (nSPS) is 26.4. The van der Waals surface area contributed by atoms with Gasteiger partial charge in [-0.1, -0.05) is 13.8 Å². The largest absolute Gasteiger partial charge is 0.305 e. The molecule has 0 bridgehead atoms. The minimum atomic E-state index is -0.0764. The third kappa shape index (κ3) is 3.67. The Balaban J connectivity index is 2.74. The van der Waals surface area contributed by atoms with Crippen molar-refractivity contribution in [1.29, 1.82) is 0 Å². The summed E-state index contributed by atoms with van der Waals surface area (Å²) in [5.74, 6) is 5.08. The molecular weight excluding hydrogens is 228 g/mol. The summed E-state index contributed by atoms with van der Waals surface area (Å²) in [4.78, 5) is 16.5. The molecule has 3 N–H and O–H groups in total. The second-order valence-electron chi connectivity index (χ2n) is 5.45. The van der Waals surface area contributed by atoms with Crippen molar-refractivity contribution in [2.45, 2.75) is 45.7 Å². The van der Waals surface area contributed by atoms with Gasteiger partial charge in [0.1, 0.15) is 0 Å². The number of nitrogens with one attached hydrogen (secondary N) is 1. The Morgan fingerprint density at radius 1 is 1.44 bits per heavy atom. The lowest BCUT2D eigenvalue weighted by atomic mass is 9.98. The van der Waals surface area contributed by atoms with Gasteiger partial charge in [0.05, 0.1) is 5.92 Å². The van der Waals surface area contributed by atoms with Crippen LogP contribution in [0, 0.1) is 5.92 Å². The van der Waals surface area contributed by atoms with E-state index in [-0.39, 0.29) is 17.9 Å². The lowest BCUT2D eigenvalue weighted by Gasteiger charge is -2.37. The first-order chi connectivity index (χ1) is 8.51. The number of amides is 1. The number of carbonyl (C=O) groups excluding carboxylic acids is 1. The van der Waals surface area contributed by atoms with Gasteiger partial charge in [-0.05, 0) is 33.4 Å². The third-order valence-electron chi connectivity index (χ3n) is 4.22. The number of nitrogens with zero attached hydrogens (tertiary/aromatic N) is 2. The Kier molecular flexibility index (Phi) is 6.05. The summed E-state index contributed by atoms with van der Waals surface area (Å²) in [5, 5.41) is 0. The van der Waals surface area contributed by atoms with Gasteiger partial charge in [-0.3, -0.25) is 15.1 Å². The predicted octanol–water partition coefficient (Wildman–Crippen LogP) is 0.417. The summed E-state index contributed by atoms with van der Waals surface area (Å²) in [6, 6.07) is 0.755. The lowest BCUT2D eigenvalue weighted by molar-refractivity contribution is -0.126. The topological polar surface area (TPSA) is 61.6 Å². The Labute approximate surface area is 111 Å². The Hall–Kier alpha value is -0.650. The van der Waals surface area contributed by atoms with Crippen LogP contribution in [0.3, 0.4) is 0 Å². The maximum Gasteiger partial charge on any atom is 0.238 e. The predicted molar refractivity (Wildman–Crippen MR) is 73.9 cm³/mol. The van der Waals surface area contributed by atoms with Crippen LogP contribution in [0.4, 0.5) is 0 Å². The highest BCUT2D eigenvalue weighted by molar-refractivity contribution is 5.78. The highest BCUT2D eigenvalue weighted by Gasteiger charge is 2.31. The van der Waals surface area contributed by atoms with Crippen LogP contribution in [0.5, 0.6) is 0 Å². The van der Waals surface area contributed by atoms with Crippen LogP contribution in [0.15, 0.2) is 0 Å². The van der Waals surface area contributed by atoms with Crippen LogP contribution in [0.2, 0.25) is 0 Å². The van der Waals surface area contributed by atoms with Crippen molar-refractivity contribution in [2.75, 3.05) is 26.7 Å². The Bertz CT molecular complexity index is 272. The van der Waals surface area contributed by atoms with Gasteiger partial charge in [0.15, 0.2) is 0 Å². The van der Waals surface area contributed by atoms with Gasteiger partial charge < -0.3 is 4.90 Å². The fourth-order valence-electron chi connectivity index (χ4n) is 2.80. The van der Waals surface area contributed by atoms with Gasteiger partial charge in [0.25, 0.3) is 0 Å². The number of nitrogens with two attached hydrogens (primary N) is 1. The first-order valence-electron chi connectivity index (χ1n) is 6.96. The molecule has 5 heteroatoms. The van der Waals surface area contributed by atoms with E-state index in [1.165, 1.54) is 0 Å². The number of likely N-dealkylation sites (N-methyl/N-ethyl adjacent to an activating group) is 1. The van der Waals surface area contributed by atoms with Crippen LogP contribution in [-0.4, -0.2) is 54.5 Å². The third-order valence-corrected chi connectivity index (χ3v) is 4.22. The van der Waals surface area contributed by atoms with Gasteiger partial charge in [0, 0.05) is 25.2 Å². The van der Waals surface area contributed by atoms with Crippen molar-refractivity contribution < 1.29 is 4.79 Å². The summed E-state index contributed by atoms with van der Waals surface area (Å²) in [7, 11) is 2.17. The molecule has 1 amide bonds. The van der Waals surface area contributed by atoms with Crippen molar-refractivity contribution >= 4 is 5.91 Å². The van der Waals surface area contributed by atoms with Gasteiger partial charge in [0.2, 0.25) is 5.91 Å². The van der Waals surface area contributed by atoms with Crippen molar-refractivity contribution in [3.05, 3.63) is 0 Å². The zero-order valence-electron chi connectivity index (χ0n) is 12.1. The summed E-state index contributed by atoms with van der Waals surface area (Å²) in [6.07, 6.45) is 2.28. The van der Waals surface area contributed by atoms with Crippen LogP contribution in [0.25, 0.3) is 0 Å². The van der Waals surface area contributed by atoms with Gasteiger partial charge >= 0.3 is 0 Å². The lowest BCUT2D eigenvalue weighted by Crippen LogP contribution is -2.51. The zero-order chi connectivity index (χ0) is 13.7. The highest BCUT2D eigenvalue weighted by Crippen LogP contribution is 2.20. The molecule has 5 nitrogen and oxygen atoms in total. The van der Waals surface area contributed by atoms with E-state index in [1.54, 1.807) is 0 Å². The first-order valence-corrected chi connectivity index (χ1v) is 6.96. The van der Waals surface area contributed by atoms with E-state index in [0.29, 0.717) is 6.04 Å². The van der Waals surface area contributed by atoms with Gasteiger partial charge in [-0.25, -0.2) is 5.84 Å². The van der Waals surface area contributed by atoms with Gasteiger partial charge in [-0.15, -0.1) is 0 Å². The quantitative estimate of drug-likeness (QED) is 0.435. The second-order valence-corrected chi connectivity index (χ2v) is 5.45. The van der Waals surface area contributed by atoms with E-state index in [0.717, 1.165) is 32.5 Å². The fraction of sp³-hybridized carbons (Fsp3) is 0.923. The Morgan fingerprint density at radius 2 is 2.11 bits per heavy atom. The number of hydrazine groups is 1. The molecule has 106 valence electrons. The first kappa shape index (κ1) is 15.4. The maximum atomic E-state index is 11.7. The molecule has 1 saturated heterocycles. The molecule has 0 spiro atoms. The zero-order valence-corrected chi connectivity index (χ0v) is 12.1. The molecule has 0 aromatic rings. The molecule has 1 aliphatic rings. The number of carbonyl (C=O) groups is 1. The molecule has 18 heavy (non-hydrogen) atoms.